The summed E-state index contributed by atoms with van der Waals surface area (Å²) in [6, 6.07) is 3.38. The number of phenols is 1. The maximum absolute atomic E-state index is 12.9. The first kappa shape index (κ1) is 43.3. The summed E-state index contributed by atoms with van der Waals surface area (Å²) in [6.07, 6.45) is 6.56. The van der Waals surface area contributed by atoms with E-state index in [-0.39, 0.29) is 53.7 Å². The van der Waals surface area contributed by atoms with Crippen LogP contribution in [0.3, 0.4) is 0 Å². The second-order valence-corrected chi connectivity index (χ2v) is 20.5. The summed E-state index contributed by atoms with van der Waals surface area (Å²) >= 11 is 0. The number of nitrogens with one attached hydrogen (secondary N) is 3. The van der Waals surface area contributed by atoms with Crippen molar-refractivity contribution >= 4 is 33.5 Å². The van der Waals surface area contributed by atoms with E-state index in [0.29, 0.717) is 68.9 Å². The van der Waals surface area contributed by atoms with Crippen LogP contribution in [0, 0.1) is 46.9 Å². The molecule has 2 unspecified atom stereocenters. The molecule has 1 saturated heterocycles. The number of aliphatic hydroxyl groups excluding tert-OH is 3. The number of piperidine rings is 1. The van der Waals surface area contributed by atoms with Crippen LogP contribution in [0.4, 0.5) is 0 Å². The van der Waals surface area contributed by atoms with Gasteiger partial charge < -0.3 is 51.6 Å². The third kappa shape index (κ3) is 10.4. The van der Waals surface area contributed by atoms with Crippen molar-refractivity contribution in [3.8, 4) is 35.2 Å². The summed E-state index contributed by atoms with van der Waals surface area (Å²) in [6.45, 7) is 5.09. The highest BCUT2D eigenvalue weighted by Crippen LogP contribution is 2.43. The average molecular weight is 838 g/mol. The molecule has 8 bridgehead atoms. The third-order valence-electron chi connectivity index (χ3n) is 13.5. The Morgan fingerprint density at radius 1 is 1.12 bits per heavy atom. The van der Waals surface area contributed by atoms with E-state index >= 15 is 0 Å². The second kappa shape index (κ2) is 18.8. The lowest BCUT2D eigenvalue weighted by molar-refractivity contribution is -0.152. The van der Waals surface area contributed by atoms with Crippen molar-refractivity contribution in [2.24, 2.45) is 33.9 Å². The first-order chi connectivity index (χ1) is 27.9. The average Bonchev–Trinajstić information content (AvgIpc) is 3.25. The van der Waals surface area contributed by atoms with Crippen molar-refractivity contribution in [3.63, 3.8) is 0 Å². The first-order valence-electron chi connectivity index (χ1n) is 21.4. The quantitative estimate of drug-likeness (QED) is 0.125. The van der Waals surface area contributed by atoms with Gasteiger partial charge in [0, 0.05) is 67.4 Å². The molecule has 0 amide bonds. The van der Waals surface area contributed by atoms with Gasteiger partial charge in [0.2, 0.25) is 0 Å². The Labute approximate surface area is 351 Å². The van der Waals surface area contributed by atoms with Crippen molar-refractivity contribution in [1.29, 1.82) is 0 Å². The van der Waals surface area contributed by atoms with Crippen molar-refractivity contribution < 1.29 is 34.7 Å². The molecule has 58 heavy (non-hydrogen) atoms. The number of hydrogen-bond donors (Lipinski definition) is 8. The van der Waals surface area contributed by atoms with E-state index in [4.69, 9.17) is 20.2 Å². The number of ether oxygens (including phenoxy) is 2. The molecule has 1 saturated carbocycles. The molecule has 2 spiro atoms. The number of nitrogens with two attached hydrogens (primary N) is 1. The van der Waals surface area contributed by atoms with E-state index in [0.717, 1.165) is 50.0 Å². The van der Waals surface area contributed by atoms with Gasteiger partial charge >= 0.3 is 5.97 Å². The molecule has 7 rings (SSSR count). The monoisotopic (exact) mass is 837 g/mol. The zero-order chi connectivity index (χ0) is 40.9. The number of aliphatic imine (C=N–C) groups is 1. The van der Waals surface area contributed by atoms with Crippen LogP contribution < -0.4 is 26.4 Å². The van der Waals surface area contributed by atoms with Gasteiger partial charge in [0.25, 0.3) is 0 Å². The Morgan fingerprint density at radius 3 is 2.72 bits per heavy atom. The Kier molecular flexibility index (Phi) is 14.1. The summed E-state index contributed by atoms with van der Waals surface area (Å²) in [5.74, 6) is 14.8. The maximum Gasteiger partial charge on any atom is 0.302 e. The standard InChI is InChI=1S/C44H63N5O7S2/c1-28(51)42-13-8-31-16-30-6-7-36(58-57-27-43(11-4-3-5-12-43)49-41(45)47-25-42)23-46-26-44(21-30)22-35(10-15-48-44)56-40-19-32(33(24-50)18-38(40)54)17-37(31)39(55-29(2)52)20-34(53)9-14-42/h18-19,28,30-31,34-37,39,46,48,50-51,53-54H,3-5,9-12,14-17,20-27H2,1-2H3,(H3,45,47,49)/t28-,30?,31-,34-,35-,36+,37?,39-,42+,44-/m0/s1. The predicted molar refractivity (Wildman–Crippen MR) is 229 cm³/mol. The van der Waals surface area contributed by atoms with E-state index in [2.05, 4.69) is 39.6 Å². The van der Waals surface area contributed by atoms with Crippen molar-refractivity contribution in [2.75, 3.05) is 31.9 Å². The molecule has 10 atom stereocenters. The summed E-state index contributed by atoms with van der Waals surface area (Å²) < 4.78 is 12.8. The topological polar surface area (TPSA) is 191 Å². The van der Waals surface area contributed by atoms with Gasteiger partial charge in [-0.2, -0.15) is 0 Å². The van der Waals surface area contributed by atoms with Gasteiger partial charge in [-0.25, -0.2) is 0 Å². The molecule has 0 radical (unpaired) electrons. The zero-order valence-corrected chi connectivity index (χ0v) is 35.7. The second-order valence-electron chi connectivity index (χ2n) is 17.9. The number of aromatic hydroxyl groups is 1. The number of hydrogen-bond acceptors (Lipinski definition) is 14. The Bertz CT molecular complexity index is 1790. The van der Waals surface area contributed by atoms with E-state index in [9.17, 15) is 25.2 Å². The number of nitrogens with zero attached hydrogens (tertiary/aromatic N) is 1. The number of benzene rings is 1. The van der Waals surface area contributed by atoms with E-state index in [1.807, 2.05) is 27.7 Å². The number of rotatable bonds is 3. The summed E-state index contributed by atoms with van der Waals surface area (Å²) in [7, 11) is 3.65. The number of phenolic OH excluding ortho intramolecular Hbond substituents is 1. The smallest absolute Gasteiger partial charge is 0.302 e. The molecule has 318 valence electrons. The van der Waals surface area contributed by atoms with Gasteiger partial charge in [0.1, 0.15) is 12.2 Å². The van der Waals surface area contributed by atoms with Crippen LogP contribution in [0.15, 0.2) is 17.1 Å². The molecule has 1 aromatic carbocycles. The van der Waals surface area contributed by atoms with Crippen molar-refractivity contribution in [3.05, 3.63) is 23.3 Å². The van der Waals surface area contributed by atoms with Gasteiger partial charge in [-0.1, -0.05) is 64.5 Å². The number of carbonyl (C=O) groups excluding carboxylic acids is 1. The van der Waals surface area contributed by atoms with Gasteiger partial charge in [-0.15, -0.1) is 0 Å². The predicted octanol–water partition coefficient (Wildman–Crippen LogP) is 3.76. The van der Waals surface area contributed by atoms with Crippen LogP contribution in [0.5, 0.6) is 11.5 Å². The molecule has 12 nitrogen and oxygen atoms in total. The first-order valence-corrected chi connectivity index (χ1v) is 23.8. The molecule has 14 heteroatoms. The number of aliphatic hydroxyl groups is 3. The molecule has 1 aromatic rings. The lowest BCUT2D eigenvalue weighted by atomic mass is 9.70. The van der Waals surface area contributed by atoms with E-state index < -0.39 is 41.5 Å². The van der Waals surface area contributed by atoms with Gasteiger partial charge in [-0.05, 0) is 88.1 Å². The van der Waals surface area contributed by atoms with Gasteiger partial charge in [0.05, 0.1) is 36.0 Å². The fraction of sp³-hybridized carbons (Fsp3) is 0.727. The molecule has 4 aliphatic heterocycles. The maximum atomic E-state index is 12.9. The summed E-state index contributed by atoms with van der Waals surface area (Å²) in [4.78, 5) is 17.8. The molecule has 9 N–H and O–H groups in total. The number of fused-ring (bicyclic) bond motifs is 5. The minimum absolute atomic E-state index is 0.0149. The number of carbonyl (C=O) groups is 1. The fourth-order valence-electron chi connectivity index (χ4n) is 10.2. The Balaban J connectivity index is 1.43. The van der Waals surface area contributed by atoms with E-state index in [1.54, 1.807) is 13.0 Å². The van der Waals surface area contributed by atoms with Gasteiger partial charge in [-0.3, -0.25) is 9.79 Å². The lowest BCUT2D eigenvalue weighted by Gasteiger charge is -2.44. The molecular weight excluding hydrogens is 775 g/mol. The van der Waals surface area contributed by atoms with Crippen LogP contribution in [0.1, 0.15) is 102 Å². The van der Waals surface area contributed by atoms with Crippen LogP contribution in [0.2, 0.25) is 0 Å². The Morgan fingerprint density at radius 2 is 1.95 bits per heavy atom. The minimum Gasteiger partial charge on any atom is -0.504 e. The van der Waals surface area contributed by atoms with Crippen molar-refractivity contribution in [1.82, 2.24) is 16.0 Å². The molecule has 2 aliphatic carbocycles. The summed E-state index contributed by atoms with van der Waals surface area (Å²) in [5.41, 5.74) is 6.40. The molecular formula is C44H63N5O7S2. The van der Waals surface area contributed by atoms with Crippen LogP contribution in [-0.2, 0) is 22.6 Å². The highest BCUT2D eigenvalue weighted by molar-refractivity contribution is 8.77. The van der Waals surface area contributed by atoms with Crippen molar-refractivity contribution in [2.45, 2.75) is 145 Å². The van der Waals surface area contributed by atoms with Crippen LogP contribution in [-0.4, -0.2) is 105 Å². The SMILES string of the molecule is CC(=O)O[C@H]1C[C@@H](O)CC[C@]2([C@H](C)O)C#C[C@H]3CC4C#C[C@H](CNC[C@]5(C4)C[C@H](CCN5)Oc4cc(c(CO)cc4O)CC13)SSCC1(CCCCC1)NC(N)=NC2. The Hall–Kier alpha value is -2.82. The van der Waals surface area contributed by atoms with Crippen LogP contribution in [0.25, 0.3) is 0 Å². The third-order valence-corrected chi connectivity index (χ3v) is 16.3. The highest BCUT2D eigenvalue weighted by Gasteiger charge is 2.44. The van der Waals surface area contributed by atoms with Crippen LogP contribution >= 0.6 is 21.6 Å². The molecule has 6 aliphatic rings. The minimum atomic E-state index is -1.03. The zero-order valence-electron chi connectivity index (χ0n) is 34.1. The number of guanidine groups is 1. The van der Waals surface area contributed by atoms with Gasteiger partial charge in [0.15, 0.2) is 17.5 Å². The van der Waals surface area contributed by atoms with E-state index in [1.165, 1.54) is 13.3 Å². The molecule has 0 aromatic heterocycles. The number of esters is 1. The fourth-order valence-corrected chi connectivity index (χ4v) is 13.0. The largest absolute Gasteiger partial charge is 0.504 e. The normalized spacial score (nSPS) is 35.9. The lowest BCUT2D eigenvalue weighted by Crippen LogP contribution is -2.59. The molecule has 2 fully saturated rings. The highest BCUT2D eigenvalue weighted by atomic mass is 33.1. The molecule has 4 heterocycles. The summed E-state index contributed by atoms with van der Waals surface area (Å²) in [5, 5.41) is 56.6.